The molecule has 1 unspecified atom stereocenters. The Bertz CT molecular complexity index is 712. The second-order valence-corrected chi connectivity index (χ2v) is 7.04. The van der Waals surface area contributed by atoms with Crippen molar-refractivity contribution in [2.24, 2.45) is 0 Å². The van der Waals surface area contributed by atoms with Gasteiger partial charge in [-0.15, -0.1) is 0 Å². The van der Waals surface area contributed by atoms with Gasteiger partial charge in [0, 0.05) is 6.54 Å². The number of carboxylic acids is 1. The van der Waals surface area contributed by atoms with Crippen molar-refractivity contribution in [1.82, 2.24) is 0 Å². The van der Waals surface area contributed by atoms with E-state index in [1.165, 1.54) is 23.1 Å². The number of aliphatic carboxylic acids is 1. The van der Waals surface area contributed by atoms with Crippen molar-refractivity contribution in [3.8, 4) is 5.75 Å². The van der Waals surface area contributed by atoms with E-state index in [-0.39, 0.29) is 10.8 Å². The number of hydrogen-bond acceptors (Lipinski definition) is 5. The summed E-state index contributed by atoms with van der Waals surface area (Å²) >= 11 is 0. The average Bonchev–Trinajstić information content (AvgIpc) is 2.46. The minimum Gasteiger partial charge on any atom is -0.481 e. The van der Waals surface area contributed by atoms with Gasteiger partial charge in [-0.3, -0.25) is 9.59 Å². The fourth-order valence-corrected chi connectivity index (χ4v) is 3.49. The maximum Gasteiger partial charge on any atom is 0.304 e. The van der Waals surface area contributed by atoms with Gasteiger partial charge in [-0.1, -0.05) is 0 Å². The molecule has 1 aromatic rings. The number of hydrogen-bond donors (Lipinski definition) is 1. The Kier molecular flexibility index (Phi) is 4.41. The van der Waals surface area contributed by atoms with Gasteiger partial charge in [-0.25, -0.2) is 8.42 Å². The van der Waals surface area contributed by atoms with Crippen LogP contribution < -0.4 is 9.64 Å². The van der Waals surface area contributed by atoms with Crippen molar-refractivity contribution in [3.05, 3.63) is 18.2 Å². The summed E-state index contributed by atoms with van der Waals surface area (Å²) in [5.41, 5.74) is 0.391. The molecule has 1 aliphatic rings. The summed E-state index contributed by atoms with van der Waals surface area (Å²) in [5, 5.41) is 8.62. The zero-order valence-electron chi connectivity index (χ0n) is 12.3. The summed E-state index contributed by atoms with van der Waals surface area (Å²) in [5.74, 6) is -1.47. The number of rotatable bonds is 5. The van der Waals surface area contributed by atoms with Crippen LogP contribution in [-0.2, 0) is 19.4 Å². The summed E-state index contributed by atoms with van der Waals surface area (Å²) < 4.78 is 29.8. The Balaban J connectivity index is 2.41. The lowest BCUT2D eigenvalue weighted by molar-refractivity contribution is -0.136. The molecule has 0 radical (unpaired) electrons. The fourth-order valence-electron chi connectivity index (χ4n) is 2.25. The zero-order chi connectivity index (χ0) is 16.5. The topological polar surface area (TPSA) is 101 Å². The largest absolute Gasteiger partial charge is 0.481 e. The fraction of sp³-hybridized carbons (Fsp3) is 0.429. The van der Waals surface area contributed by atoms with Crippen LogP contribution in [0.25, 0.3) is 0 Å². The van der Waals surface area contributed by atoms with Crippen LogP contribution in [0, 0.1) is 0 Å². The molecule has 1 atom stereocenters. The van der Waals surface area contributed by atoms with Crippen molar-refractivity contribution in [1.29, 1.82) is 0 Å². The first-order valence-corrected chi connectivity index (χ1v) is 8.48. The van der Waals surface area contributed by atoms with E-state index in [0.29, 0.717) is 18.0 Å². The lowest BCUT2D eigenvalue weighted by Gasteiger charge is -2.32. The monoisotopic (exact) mass is 327 g/mol. The van der Waals surface area contributed by atoms with E-state index in [9.17, 15) is 18.0 Å². The molecular formula is C14H17NO6S. The van der Waals surface area contributed by atoms with E-state index >= 15 is 0 Å². The number of carbonyl (C=O) groups is 2. The minimum absolute atomic E-state index is 0.0168. The predicted octanol–water partition coefficient (Wildman–Crippen LogP) is 1.07. The van der Waals surface area contributed by atoms with E-state index in [4.69, 9.17) is 9.84 Å². The Morgan fingerprint density at radius 1 is 1.41 bits per heavy atom. The Hall–Kier alpha value is -2.09. The Morgan fingerprint density at radius 2 is 2.09 bits per heavy atom. The molecule has 120 valence electrons. The molecule has 0 aliphatic carbocycles. The molecule has 7 nitrogen and oxygen atoms in total. The molecule has 0 bridgehead atoms. The molecule has 1 N–H and O–H groups in total. The molecule has 1 aromatic carbocycles. The second kappa shape index (κ2) is 5.96. The van der Waals surface area contributed by atoms with Crippen molar-refractivity contribution >= 4 is 27.4 Å². The highest BCUT2D eigenvalue weighted by molar-refractivity contribution is 7.91. The van der Waals surface area contributed by atoms with Gasteiger partial charge in [0.25, 0.3) is 5.91 Å². The predicted molar refractivity (Wildman–Crippen MR) is 78.9 cm³/mol. The van der Waals surface area contributed by atoms with Gasteiger partial charge < -0.3 is 14.7 Å². The number of carbonyl (C=O) groups excluding carboxylic acids is 1. The summed E-state index contributed by atoms with van der Waals surface area (Å²) in [4.78, 5) is 24.1. The number of sulfone groups is 1. The first kappa shape index (κ1) is 16.3. The maximum atomic E-state index is 12.2. The van der Waals surface area contributed by atoms with E-state index in [1.54, 1.807) is 13.8 Å². The highest BCUT2D eigenvalue weighted by atomic mass is 32.2. The first-order chi connectivity index (χ1) is 10.3. The van der Waals surface area contributed by atoms with Gasteiger partial charge >= 0.3 is 5.97 Å². The number of ether oxygens (including phenoxy) is 1. The van der Waals surface area contributed by atoms with Crippen LogP contribution in [0.2, 0.25) is 0 Å². The number of nitrogens with zero attached hydrogens (tertiary/aromatic N) is 1. The number of fused-ring (bicyclic) bond motifs is 1. The normalized spacial score (nSPS) is 17.8. The molecule has 22 heavy (non-hydrogen) atoms. The summed E-state index contributed by atoms with van der Waals surface area (Å²) in [6, 6.07) is 4.22. The molecule has 0 fully saturated rings. The molecule has 0 saturated carbocycles. The molecule has 8 heteroatoms. The van der Waals surface area contributed by atoms with Gasteiger partial charge in [0.1, 0.15) is 5.75 Å². The Labute approximate surface area is 128 Å². The van der Waals surface area contributed by atoms with Crippen molar-refractivity contribution in [2.75, 3.05) is 17.2 Å². The molecule has 0 saturated heterocycles. The molecule has 0 aromatic heterocycles. The number of carboxylic acid groups (broad SMARTS) is 1. The van der Waals surface area contributed by atoms with Gasteiger partial charge in [0.2, 0.25) is 0 Å². The number of amides is 1. The average molecular weight is 327 g/mol. The lowest BCUT2D eigenvalue weighted by Crippen LogP contribution is -2.44. The van der Waals surface area contributed by atoms with Crippen LogP contribution in [0.4, 0.5) is 5.69 Å². The molecular weight excluding hydrogens is 310 g/mol. The van der Waals surface area contributed by atoms with Crippen LogP contribution in [0.3, 0.4) is 0 Å². The van der Waals surface area contributed by atoms with Crippen LogP contribution in [0.5, 0.6) is 5.75 Å². The Morgan fingerprint density at radius 3 is 2.68 bits per heavy atom. The number of likely N-dealkylation sites (N-methyl/N-ethyl adjacent to an activating group) is 1. The third-order valence-electron chi connectivity index (χ3n) is 3.40. The third-order valence-corrected chi connectivity index (χ3v) is 5.11. The SMILES string of the molecule is CCN1C(=O)C(C)Oc2ccc(S(=O)(=O)CCC(=O)O)cc21. The highest BCUT2D eigenvalue weighted by Crippen LogP contribution is 2.36. The van der Waals surface area contributed by atoms with Gasteiger partial charge in [-0.2, -0.15) is 0 Å². The third kappa shape index (κ3) is 3.06. The molecule has 2 rings (SSSR count). The van der Waals surface area contributed by atoms with Crippen molar-refractivity contribution in [3.63, 3.8) is 0 Å². The van der Waals surface area contributed by atoms with E-state index in [2.05, 4.69) is 0 Å². The summed E-state index contributed by atoms with van der Waals surface area (Å²) in [6.07, 6.45) is -1.09. The molecule has 1 amide bonds. The van der Waals surface area contributed by atoms with Crippen molar-refractivity contribution < 1.29 is 27.9 Å². The quantitative estimate of drug-likeness (QED) is 0.868. The molecule has 1 aliphatic heterocycles. The smallest absolute Gasteiger partial charge is 0.304 e. The number of anilines is 1. The van der Waals surface area contributed by atoms with Gasteiger partial charge in [0.05, 0.1) is 22.8 Å². The zero-order valence-corrected chi connectivity index (χ0v) is 13.1. The van der Waals surface area contributed by atoms with Crippen molar-refractivity contribution in [2.45, 2.75) is 31.3 Å². The summed E-state index contributed by atoms with van der Waals surface area (Å²) in [6.45, 7) is 3.80. The number of benzene rings is 1. The van der Waals surface area contributed by atoms with Gasteiger partial charge in [0.15, 0.2) is 15.9 Å². The molecule has 0 spiro atoms. The first-order valence-electron chi connectivity index (χ1n) is 6.83. The second-order valence-electron chi connectivity index (χ2n) is 4.93. The van der Waals surface area contributed by atoms with Crippen LogP contribution in [0.15, 0.2) is 23.1 Å². The molecule has 1 heterocycles. The van der Waals surface area contributed by atoms with Crippen LogP contribution in [0.1, 0.15) is 20.3 Å². The van der Waals surface area contributed by atoms with Crippen LogP contribution >= 0.6 is 0 Å². The van der Waals surface area contributed by atoms with E-state index in [1.807, 2.05) is 0 Å². The van der Waals surface area contributed by atoms with E-state index < -0.39 is 34.1 Å². The van der Waals surface area contributed by atoms with Gasteiger partial charge in [-0.05, 0) is 32.0 Å². The van der Waals surface area contributed by atoms with Crippen LogP contribution in [-0.4, -0.2) is 43.8 Å². The van der Waals surface area contributed by atoms with E-state index in [0.717, 1.165) is 0 Å². The lowest BCUT2D eigenvalue weighted by atomic mass is 10.2. The highest BCUT2D eigenvalue weighted by Gasteiger charge is 2.31. The summed E-state index contributed by atoms with van der Waals surface area (Å²) in [7, 11) is -3.73. The minimum atomic E-state index is -3.73. The maximum absolute atomic E-state index is 12.2. The standard InChI is InChI=1S/C14H17NO6S/c1-3-15-11-8-10(22(19,20)7-6-13(16)17)4-5-12(11)21-9(2)14(15)18/h4-5,8-9H,3,6-7H2,1-2H3,(H,16,17).